The molecule has 0 amide bonds. The summed E-state index contributed by atoms with van der Waals surface area (Å²) in [7, 11) is 0. The highest BCUT2D eigenvalue weighted by atomic mass is 16.5. The highest BCUT2D eigenvalue weighted by Crippen LogP contribution is 2.50. The molecule has 1 N–H and O–H groups in total. The van der Waals surface area contributed by atoms with Gasteiger partial charge in [-0.05, 0) is 51.6 Å². The van der Waals surface area contributed by atoms with Crippen molar-refractivity contribution in [2.75, 3.05) is 0 Å². The molecule has 3 aromatic rings. The fraction of sp³-hybridized carbons (Fsp3) is 0.269. The maximum Gasteiger partial charge on any atom is 0.137 e. The Morgan fingerprint density at radius 2 is 1.76 bits per heavy atom. The zero-order chi connectivity index (χ0) is 20.1. The number of fused-ring (bicyclic) bond motifs is 3. The van der Waals surface area contributed by atoms with Crippen molar-refractivity contribution in [3.8, 4) is 11.5 Å². The molecule has 3 heteroatoms. The summed E-state index contributed by atoms with van der Waals surface area (Å²) < 4.78 is 6.29. The van der Waals surface area contributed by atoms with Crippen molar-refractivity contribution in [1.82, 2.24) is 0 Å². The van der Waals surface area contributed by atoms with Gasteiger partial charge in [-0.1, -0.05) is 50.2 Å². The van der Waals surface area contributed by atoms with Crippen LogP contribution in [0.3, 0.4) is 0 Å². The molecule has 3 nitrogen and oxygen atoms in total. The van der Waals surface area contributed by atoms with Gasteiger partial charge in [0.2, 0.25) is 0 Å². The number of rotatable bonds is 2. The maximum atomic E-state index is 12.3. The van der Waals surface area contributed by atoms with E-state index in [4.69, 9.17) is 4.74 Å². The third kappa shape index (κ3) is 3.02. The zero-order valence-corrected chi connectivity index (χ0v) is 16.7. The molecule has 1 heterocycles. The van der Waals surface area contributed by atoms with Crippen molar-refractivity contribution >= 4 is 16.6 Å². The van der Waals surface area contributed by atoms with E-state index in [1.54, 1.807) is 6.07 Å². The van der Waals surface area contributed by atoms with Gasteiger partial charge in [-0.15, -0.1) is 0 Å². The summed E-state index contributed by atoms with van der Waals surface area (Å²) in [4.78, 5) is 12.3. The molecule has 1 unspecified atom stereocenters. The second-order valence-electron chi connectivity index (χ2n) is 8.40. The average molecular weight is 384 g/mol. The molecule has 0 fully saturated rings. The number of hydrogen-bond donors (Lipinski definition) is 1. The molecule has 5 rings (SSSR count). The zero-order valence-electron chi connectivity index (χ0n) is 16.7. The standard InChI is InChI=1S/C26H24O3/c1-15(2)16-3-5-18(6-4-16)25-22-14-20(28)10-12-23(22)29-24-11-8-17-7-9-19(27)13-21(17)26(24)25/h3-9,11,13,15,25,27H,10,12,14H2,1-2H3. The Morgan fingerprint density at radius 1 is 1.00 bits per heavy atom. The van der Waals surface area contributed by atoms with Crippen LogP contribution in [0.25, 0.3) is 10.8 Å². The smallest absolute Gasteiger partial charge is 0.137 e. The number of phenolic OH excluding ortho intramolecular Hbond substituents is 1. The Balaban J connectivity index is 1.76. The fourth-order valence-corrected chi connectivity index (χ4v) is 4.64. The SMILES string of the molecule is CC(C)c1ccc(C2C3=C(CCC(=O)C3)Oc3ccc4ccc(O)cc4c32)cc1. The molecule has 2 aliphatic rings. The normalized spacial score (nSPS) is 18.6. The maximum absolute atomic E-state index is 12.3. The predicted molar refractivity (Wildman–Crippen MR) is 114 cm³/mol. The van der Waals surface area contributed by atoms with Crippen molar-refractivity contribution in [3.05, 3.63) is 82.6 Å². The number of carbonyl (C=O) groups excluding carboxylic acids is 1. The number of benzene rings is 3. The molecule has 146 valence electrons. The Labute approximate surface area is 170 Å². The van der Waals surface area contributed by atoms with E-state index in [0.717, 1.165) is 39.0 Å². The number of phenols is 1. The van der Waals surface area contributed by atoms with Crippen LogP contribution < -0.4 is 4.74 Å². The van der Waals surface area contributed by atoms with E-state index >= 15 is 0 Å². The summed E-state index contributed by atoms with van der Waals surface area (Å²) in [5.41, 5.74) is 4.58. The van der Waals surface area contributed by atoms with Crippen molar-refractivity contribution in [2.45, 2.75) is 44.9 Å². The lowest BCUT2D eigenvalue weighted by molar-refractivity contribution is -0.119. The Morgan fingerprint density at radius 3 is 2.52 bits per heavy atom. The van der Waals surface area contributed by atoms with Crippen LogP contribution in [0.4, 0.5) is 0 Å². The Hall–Kier alpha value is -3.07. The first-order valence-electron chi connectivity index (χ1n) is 10.3. The second kappa shape index (κ2) is 6.77. The molecular weight excluding hydrogens is 360 g/mol. The van der Waals surface area contributed by atoms with Crippen LogP contribution in [0.15, 0.2) is 65.9 Å². The predicted octanol–water partition coefficient (Wildman–Crippen LogP) is 6.20. The molecule has 0 spiro atoms. The van der Waals surface area contributed by atoms with Crippen molar-refractivity contribution in [1.29, 1.82) is 0 Å². The van der Waals surface area contributed by atoms with E-state index in [0.29, 0.717) is 25.2 Å². The lowest BCUT2D eigenvalue weighted by Crippen LogP contribution is -2.23. The van der Waals surface area contributed by atoms with Gasteiger partial charge in [0.25, 0.3) is 0 Å². The van der Waals surface area contributed by atoms with Crippen LogP contribution in [0.1, 0.15) is 61.6 Å². The van der Waals surface area contributed by atoms with Crippen molar-refractivity contribution in [2.24, 2.45) is 0 Å². The van der Waals surface area contributed by atoms with Gasteiger partial charge in [-0.2, -0.15) is 0 Å². The quantitative estimate of drug-likeness (QED) is 0.572. The summed E-state index contributed by atoms with van der Waals surface area (Å²) in [6.45, 7) is 4.38. The molecule has 3 aromatic carbocycles. The topological polar surface area (TPSA) is 46.5 Å². The number of carbonyl (C=O) groups is 1. The molecule has 1 aliphatic heterocycles. The van der Waals surface area contributed by atoms with Gasteiger partial charge in [-0.25, -0.2) is 0 Å². The van der Waals surface area contributed by atoms with Crippen LogP contribution >= 0.6 is 0 Å². The number of Topliss-reactive ketones (excluding diaryl/α,β-unsaturated/α-hetero) is 1. The molecule has 0 aromatic heterocycles. The number of allylic oxidation sites excluding steroid dienone is 2. The Kier molecular flexibility index (Phi) is 4.20. The summed E-state index contributed by atoms with van der Waals surface area (Å²) in [5, 5.41) is 12.2. The minimum Gasteiger partial charge on any atom is -0.508 e. The van der Waals surface area contributed by atoms with Crippen LogP contribution in [0.5, 0.6) is 11.5 Å². The molecule has 1 atom stereocenters. The third-order valence-corrected chi connectivity index (χ3v) is 6.19. The van der Waals surface area contributed by atoms with E-state index < -0.39 is 0 Å². The number of hydrogen-bond acceptors (Lipinski definition) is 3. The van der Waals surface area contributed by atoms with Gasteiger partial charge in [0.15, 0.2) is 0 Å². The molecule has 0 saturated carbocycles. The van der Waals surface area contributed by atoms with Crippen LogP contribution in [-0.4, -0.2) is 10.9 Å². The van der Waals surface area contributed by atoms with Gasteiger partial charge in [0, 0.05) is 30.7 Å². The minimum absolute atomic E-state index is 0.0373. The van der Waals surface area contributed by atoms with E-state index in [9.17, 15) is 9.90 Å². The van der Waals surface area contributed by atoms with E-state index in [1.165, 1.54) is 5.56 Å². The van der Waals surface area contributed by atoms with E-state index in [2.05, 4.69) is 38.1 Å². The summed E-state index contributed by atoms with van der Waals surface area (Å²) >= 11 is 0. The van der Waals surface area contributed by atoms with Crippen molar-refractivity contribution in [3.63, 3.8) is 0 Å². The summed E-state index contributed by atoms with van der Waals surface area (Å²) in [5.74, 6) is 2.70. The second-order valence-corrected chi connectivity index (χ2v) is 8.40. The lowest BCUT2D eigenvalue weighted by Gasteiger charge is -2.34. The van der Waals surface area contributed by atoms with Gasteiger partial charge in [-0.3, -0.25) is 4.79 Å². The molecule has 1 aliphatic carbocycles. The fourth-order valence-electron chi connectivity index (χ4n) is 4.64. The third-order valence-electron chi connectivity index (χ3n) is 6.19. The van der Waals surface area contributed by atoms with Gasteiger partial charge < -0.3 is 9.84 Å². The Bertz CT molecular complexity index is 1150. The summed E-state index contributed by atoms with van der Waals surface area (Å²) in [6, 6.07) is 18.2. The largest absolute Gasteiger partial charge is 0.508 e. The molecular formula is C26H24O3. The van der Waals surface area contributed by atoms with Crippen molar-refractivity contribution < 1.29 is 14.6 Å². The summed E-state index contributed by atoms with van der Waals surface area (Å²) in [6.07, 6.45) is 1.63. The van der Waals surface area contributed by atoms with Crippen LogP contribution in [0, 0.1) is 0 Å². The molecule has 29 heavy (non-hydrogen) atoms. The highest BCUT2D eigenvalue weighted by Gasteiger charge is 2.35. The first kappa shape index (κ1) is 18.0. The first-order valence-corrected chi connectivity index (χ1v) is 10.3. The highest BCUT2D eigenvalue weighted by molar-refractivity contribution is 5.92. The lowest BCUT2D eigenvalue weighted by atomic mass is 9.75. The minimum atomic E-state index is -0.0373. The first-order chi connectivity index (χ1) is 14.0. The molecule has 0 bridgehead atoms. The van der Waals surface area contributed by atoms with E-state index in [1.807, 2.05) is 24.3 Å². The van der Waals surface area contributed by atoms with Gasteiger partial charge >= 0.3 is 0 Å². The number of ketones is 1. The van der Waals surface area contributed by atoms with Crippen LogP contribution in [-0.2, 0) is 4.79 Å². The van der Waals surface area contributed by atoms with E-state index in [-0.39, 0.29) is 17.5 Å². The number of aromatic hydroxyl groups is 1. The molecule has 0 saturated heterocycles. The average Bonchev–Trinajstić information content (AvgIpc) is 2.72. The monoisotopic (exact) mass is 384 g/mol. The number of ether oxygens (including phenoxy) is 1. The van der Waals surface area contributed by atoms with Crippen LogP contribution in [0.2, 0.25) is 0 Å². The van der Waals surface area contributed by atoms with Gasteiger partial charge in [0.1, 0.15) is 23.0 Å². The van der Waals surface area contributed by atoms with Gasteiger partial charge in [0.05, 0.1) is 0 Å². The molecule has 0 radical (unpaired) electrons.